The van der Waals surface area contributed by atoms with E-state index in [1.165, 1.54) is 4.68 Å². The fourth-order valence-corrected chi connectivity index (χ4v) is 3.18. The first-order valence-corrected chi connectivity index (χ1v) is 7.89. The Bertz CT molecular complexity index is 505. The monoisotopic (exact) mass is 310 g/mol. The Hall–Kier alpha value is -1.63. The number of alkyl halides is 1. The zero-order valence-electron chi connectivity index (χ0n) is 12.7. The number of halogens is 1. The SMILES string of the molecule is O=C(NCc1cnn(CCF)c1)NC1CCC2(CC1)COC2. The number of carbonyl (C=O) groups excluding carboxylic acids is 1. The number of amides is 2. The van der Waals surface area contributed by atoms with Gasteiger partial charge < -0.3 is 15.4 Å². The number of aromatic nitrogens is 2. The van der Waals surface area contributed by atoms with E-state index in [9.17, 15) is 9.18 Å². The highest BCUT2D eigenvalue weighted by Gasteiger charge is 2.41. The van der Waals surface area contributed by atoms with Crippen LogP contribution in [-0.2, 0) is 17.8 Å². The van der Waals surface area contributed by atoms with Crippen LogP contribution in [0.15, 0.2) is 12.4 Å². The molecular weight excluding hydrogens is 287 g/mol. The van der Waals surface area contributed by atoms with Gasteiger partial charge >= 0.3 is 6.03 Å². The lowest BCUT2D eigenvalue weighted by Crippen LogP contribution is -2.50. The molecular formula is C15H23FN4O2. The van der Waals surface area contributed by atoms with Crippen molar-refractivity contribution in [2.24, 2.45) is 5.41 Å². The second-order valence-electron chi connectivity index (χ2n) is 6.39. The van der Waals surface area contributed by atoms with E-state index in [4.69, 9.17) is 4.74 Å². The van der Waals surface area contributed by atoms with Gasteiger partial charge in [-0.1, -0.05) is 0 Å². The van der Waals surface area contributed by atoms with Gasteiger partial charge in [-0.2, -0.15) is 5.10 Å². The van der Waals surface area contributed by atoms with E-state index in [0.29, 0.717) is 12.0 Å². The summed E-state index contributed by atoms with van der Waals surface area (Å²) in [6.45, 7) is 1.98. The molecule has 2 fully saturated rings. The van der Waals surface area contributed by atoms with Gasteiger partial charge in [0.25, 0.3) is 0 Å². The van der Waals surface area contributed by atoms with Crippen molar-refractivity contribution in [2.75, 3.05) is 19.9 Å². The smallest absolute Gasteiger partial charge is 0.315 e. The molecule has 0 bridgehead atoms. The van der Waals surface area contributed by atoms with Crippen molar-refractivity contribution in [3.05, 3.63) is 18.0 Å². The first-order chi connectivity index (χ1) is 10.7. The summed E-state index contributed by atoms with van der Waals surface area (Å²) in [5.74, 6) is 0. The molecule has 1 aromatic heterocycles. The Morgan fingerprint density at radius 2 is 2.23 bits per heavy atom. The molecule has 7 heteroatoms. The highest BCUT2D eigenvalue weighted by molar-refractivity contribution is 5.74. The highest BCUT2D eigenvalue weighted by atomic mass is 19.1. The van der Waals surface area contributed by atoms with Gasteiger partial charge in [0.2, 0.25) is 0 Å². The fourth-order valence-electron chi connectivity index (χ4n) is 3.18. The van der Waals surface area contributed by atoms with Crippen molar-refractivity contribution >= 4 is 6.03 Å². The van der Waals surface area contributed by atoms with Crippen LogP contribution < -0.4 is 10.6 Å². The molecule has 6 nitrogen and oxygen atoms in total. The van der Waals surface area contributed by atoms with Crippen LogP contribution in [0.1, 0.15) is 31.2 Å². The lowest BCUT2D eigenvalue weighted by Gasteiger charge is -2.46. The molecule has 3 rings (SSSR count). The van der Waals surface area contributed by atoms with E-state index in [2.05, 4.69) is 15.7 Å². The van der Waals surface area contributed by atoms with Crippen molar-refractivity contribution < 1.29 is 13.9 Å². The van der Waals surface area contributed by atoms with Crippen LogP contribution in [0.5, 0.6) is 0 Å². The molecule has 2 N–H and O–H groups in total. The molecule has 0 radical (unpaired) electrons. The predicted molar refractivity (Wildman–Crippen MR) is 79.1 cm³/mol. The summed E-state index contributed by atoms with van der Waals surface area (Å²) in [4.78, 5) is 11.9. The van der Waals surface area contributed by atoms with Crippen LogP contribution in [0.4, 0.5) is 9.18 Å². The average molecular weight is 310 g/mol. The number of hydrogen-bond donors (Lipinski definition) is 2. The minimum absolute atomic E-state index is 0.149. The van der Waals surface area contributed by atoms with E-state index in [-0.39, 0.29) is 18.6 Å². The lowest BCUT2D eigenvalue weighted by atomic mass is 9.71. The summed E-state index contributed by atoms with van der Waals surface area (Å²) in [5.41, 5.74) is 1.28. The topological polar surface area (TPSA) is 68.2 Å². The molecule has 0 aromatic carbocycles. The van der Waals surface area contributed by atoms with Crippen molar-refractivity contribution in [3.8, 4) is 0 Å². The Morgan fingerprint density at radius 1 is 1.45 bits per heavy atom. The van der Waals surface area contributed by atoms with Gasteiger partial charge in [0.05, 0.1) is 26.0 Å². The van der Waals surface area contributed by atoms with E-state index >= 15 is 0 Å². The third-order valence-corrected chi connectivity index (χ3v) is 4.65. The Morgan fingerprint density at radius 3 is 2.86 bits per heavy atom. The van der Waals surface area contributed by atoms with E-state index in [0.717, 1.165) is 44.5 Å². The quantitative estimate of drug-likeness (QED) is 0.868. The molecule has 1 aliphatic heterocycles. The van der Waals surface area contributed by atoms with Gasteiger partial charge in [0, 0.05) is 29.8 Å². The van der Waals surface area contributed by atoms with E-state index in [1.54, 1.807) is 12.4 Å². The molecule has 1 aromatic rings. The number of ether oxygens (including phenoxy) is 1. The molecule has 2 heterocycles. The van der Waals surface area contributed by atoms with Crippen LogP contribution in [0.3, 0.4) is 0 Å². The fraction of sp³-hybridized carbons (Fsp3) is 0.733. The summed E-state index contributed by atoms with van der Waals surface area (Å²) in [7, 11) is 0. The van der Waals surface area contributed by atoms with Crippen molar-refractivity contribution in [2.45, 2.75) is 44.8 Å². The van der Waals surface area contributed by atoms with Gasteiger partial charge in [0.15, 0.2) is 0 Å². The number of nitrogens with one attached hydrogen (secondary N) is 2. The largest absolute Gasteiger partial charge is 0.380 e. The maximum atomic E-state index is 12.2. The Kier molecular flexibility index (Phi) is 4.61. The zero-order valence-corrected chi connectivity index (χ0v) is 12.7. The zero-order chi connectivity index (χ0) is 15.4. The first kappa shape index (κ1) is 15.3. The second-order valence-corrected chi connectivity index (χ2v) is 6.39. The van der Waals surface area contributed by atoms with Gasteiger partial charge in [-0.25, -0.2) is 9.18 Å². The summed E-state index contributed by atoms with van der Waals surface area (Å²) >= 11 is 0. The molecule has 2 aliphatic rings. The number of aryl methyl sites for hydroxylation is 1. The van der Waals surface area contributed by atoms with Crippen LogP contribution >= 0.6 is 0 Å². The van der Waals surface area contributed by atoms with Crippen LogP contribution in [0, 0.1) is 5.41 Å². The maximum absolute atomic E-state index is 12.2. The molecule has 1 spiro atoms. The molecule has 0 atom stereocenters. The molecule has 1 saturated carbocycles. The molecule has 122 valence electrons. The third-order valence-electron chi connectivity index (χ3n) is 4.65. The van der Waals surface area contributed by atoms with Crippen molar-refractivity contribution in [3.63, 3.8) is 0 Å². The number of hydrogen-bond acceptors (Lipinski definition) is 3. The molecule has 1 saturated heterocycles. The molecule has 1 aliphatic carbocycles. The van der Waals surface area contributed by atoms with Crippen LogP contribution in [-0.4, -0.2) is 41.7 Å². The van der Waals surface area contributed by atoms with Gasteiger partial charge in [0.1, 0.15) is 6.67 Å². The number of rotatable bonds is 5. The second kappa shape index (κ2) is 6.64. The van der Waals surface area contributed by atoms with Gasteiger partial charge in [-0.05, 0) is 25.7 Å². The Balaban J connectivity index is 1.37. The maximum Gasteiger partial charge on any atom is 0.315 e. The summed E-state index contributed by atoms with van der Waals surface area (Å²) < 4.78 is 19.0. The van der Waals surface area contributed by atoms with Crippen LogP contribution in [0.2, 0.25) is 0 Å². The lowest BCUT2D eigenvalue weighted by molar-refractivity contribution is -0.133. The van der Waals surface area contributed by atoms with Gasteiger partial charge in [-0.3, -0.25) is 4.68 Å². The molecule has 22 heavy (non-hydrogen) atoms. The van der Waals surface area contributed by atoms with E-state index in [1.807, 2.05) is 0 Å². The number of carbonyl (C=O) groups is 1. The standard InChI is InChI=1S/C15H23FN4O2/c16-5-6-20-9-12(8-18-20)7-17-14(21)19-13-1-3-15(4-2-13)10-22-11-15/h8-9,13H,1-7,10-11H2,(H2,17,19,21). The van der Waals surface area contributed by atoms with Crippen molar-refractivity contribution in [1.82, 2.24) is 20.4 Å². The summed E-state index contributed by atoms with van der Waals surface area (Å²) in [6, 6.07) is 0.101. The Labute approximate surface area is 129 Å². The molecule has 0 unspecified atom stereocenters. The minimum atomic E-state index is -0.441. The average Bonchev–Trinajstić information content (AvgIpc) is 2.93. The third kappa shape index (κ3) is 3.58. The normalized spacial score (nSPS) is 20.6. The summed E-state index contributed by atoms with van der Waals surface area (Å²) in [5, 5.41) is 9.88. The first-order valence-electron chi connectivity index (χ1n) is 7.89. The molecule has 2 amide bonds. The number of urea groups is 1. The van der Waals surface area contributed by atoms with E-state index < -0.39 is 6.67 Å². The summed E-state index contributed by atoms with van der Waals surface area (Å²) in [6.07, 6.45) is 7.70. The number of nitrogens with zero attached hydrogens (tertiary/aromatic N) is 2. The predicted octanol–water partition coefficient (Wildman–Crippen LogP) is 1.61. The van der Waals surface area contributed by atoms with Crippen LogP contribution in [0.25, 0.3) is 0 Å². The minimum Gasteiger partial charge on any atom is -0.380 e. The van der Waals surface area contributed by atoms with Gasteiger partial charge in [-0.15, -0.1) is 0 Å². The van der Waals surface area contributed by atoms with Crippen molar-refractivity contribution in [1.29, 1.82) is 0 Å². The highest BCUT2D eigenvalue weighted by Crippen LogP contribution is 2.42.